The Labute approximate surface area is 130 Å². The van der Waals surface area contributed by atoms with E-state index in [1.165, 1.54) is 17.5 Å². The molecule has 2 aliphatic rings. The zero-order valence-corrected chi connectivity index (χ0v) is 12.5. The van der Waals surface area contributed by atoms with Crippen molar-refractivity contribution in [3.63, 3.8) is 0 Å². The lowest BCUT2D eigenvalue weighted by Crippen LogP contribution is -2.35. The molecule has 2 nitrogen and oxygen atoms in total. The molecule has 2 aromatic carbocycles. The first-order valence-electron chi connectivity index (χ1n) is 7.55. The van der Waals surface area contributed by atoms with E-state index in [-0.39, 0.29) is 6.10 Å². The molecule has 2 heterocycles. The van der Waals surface area contributed by atoms with Gasteiger partial charge in [-0.3, -0.25) is 0 Å². The second-order valence-corrected chi connectivity index (χ2v) is 6.30. The van der Waals surface area contributed by atoms with Crippen molar-refractivity contribution in [3.8, 4) is 0 Å². The minimum Gasteiger partial charge on any atom is -0.378 e. The fourth-order valence-electron chi connectivity index (χ4n) is 3.63. The number of anilines is 1. The molecule has 0 radical (unpaired) electrons. The van der Waals surface area contributed by atoms with Crippen LogP contribution >= 0.6 is 11.6 Å². The summed E-state index contributed by atoms with van der Waals surface area (Å²) >= 11 is 6.18. The van der Waals surface area contributed by atoms with Gasteiger partial charge in [0, 0.05) is 28.8 Å². The van der Waals surface area contributed by atoms with Crippen molar-refractivity contribution < 1.29 is 4.74 Å². The minimum atomic E-state index is 0.152. The largest absolute Gasteiger partial charge is 0.378 e. The van der Waals surface area contributed by atoms with E-state index in [2.05, 4.69) is 41.7 Å². The van der Waals surface area contributed by atoms with Gasteiger partial charge >= 0.3 is 0 Å². The fourth-order valence-corrected chi connectivity index (χ4v) is 3.81. The predicted octanol–water partition coefficient (Wildman–Crippen LogP) is 4.97. The zero-order chi connectivity index (χ0) is 14.2. The molecular weight excluding hydrogens is 282 g/mol. The van der Waals surface area contributed by atoms with Crippen molar-refractivity contribution in [1.82, 2.24) is 0 Å². The third kappa shape index (κ3) is 2.33. The van der Waals surface area contributed by atoms with E-state index in [0.717, 1.165) is 23.7 Å². The van der Waals surface area contributed by atoms with Crippen molar-refractivity contribution >= 4 is 17.3 Å². The Balaban J connectivity index is 1.79. The summed E-state index contributed by atoms with van der Waals surface area (Å²) in [5, 5.41) is 4.48. The molecule has 0 aromatic heterocycles. The Morgan fingerprint density at radius 3 is 2.81 bits per heavy atom. The van der Waals surface area contributed by atoms with Crippen LogP contribution in [0.15, 0.2) is 48.5 Å². The Bertz CT molecular complexity index is 643. The zero-order valence-electron chi connectivity index (χ0n) is 11.8. The lowest BCUT2D eigenvalue weighted by Gasteiger charge is -2.43. The second kappa shape index (κ2) is 5.36. The summed E-state index contributed by atoms with van der Waals surface area (Å²) in [4.78, 5) is 0. The van der Waals surface area contributed by atoms with Gasteiger partial charge in [-0.05, 0) is 36.6 Å². The molecule has 4 rings (SSSR count). The van der Waals surface area contributed by atoms with E-state index in [1.807, 2.05) is 12.1 Å². The molecule has 1 N–H and O–H groups in total. The maximum absolute atomic E-state index is 6.18. The summed E-state index contributed by atoms with van der Waals surface area (Å²) in [6, 6.07) is 17.0. The second-order valence-electron chi connectivity index (χ2n) is 5.86. The molecule has 2 unspecified atom stereocenters. The molecule has 0 spiro atoms. The molecule has 0 aliphatic carbocycles. The number of rotatable bonds is 1. The monoisotopic (exact) mass is 299 g/mol. The fraction of sp³-hybridized carbons (Fsp3) is 0.333. The third-order valence-electron chi connectivity index (χ3n) is 4.59. The molecule has 21 heavy (non-hydrogen) atoms. The van der Waals surface area contributed by atoms with Gasteiger partial charge < -0.3 is 10.1 Å². The van der Waals surface area contributed by atoms with E-state index < -0.39 is 0 Å². The number of halogens is 1. The van der Waals surface area contributed by atoms with Gasteiger partial charge in [0.1, 0.15) is 0 Å². The molecular formula is C18H18ClNO. The van der Waals surface area contributed by atoms with Crippen molar-refractivity contribution in [2.75, 3.05) is 11.9 Å². The van der Waals surface area contributed by atoms with Crippen LogP contribution in [0.5, 0.6) is 0 Å². The SMILES string of the molecule is Clc1ccc2c(c1)C1OCCCC1[C@H](c1ccccc1)N2. The summed E-state index contributed by atoms with van der Waals surface area (Å²) in [6.07, 6.45) is 2.46. The highest BCUT2D eigenvalue weighted by atomic mass is 35.5. The quantitative estimate of drug-likeness (QED) is 0.802. The van der Waals surface area contributed by atoms with Gasteiger partial charge in [0.25, 0.3) is 0 Å². The molecule has 2 aliphatic heterocycles. The van der Waals surface area contributed by atoms with Crippen molar-refractivity contribution in [2.24, 2.45) is 5.92 Å². The van der Waals surface area contributed by atoms with Crippen molar-refractivity contribution in [2.45, 2.75) is 25.0 Å². The highest BCUT2D eigenvalue weighted by molar-refractivity contribution is 6.30. The number of ether oxygens (including phenoxy) is 1. The van der Waals surface area contributed by atoms with Gasteiger partial charge in [-0.25, -0.2) is 0 Å². The highest BCUT2D eigenvalue weighted by Crippen LogP contribution is 2.49. The van der Waals surface area contributed by atoms with Gasteiger partial charge in [-0.1, -0.05) is 41.9 Å². The molecule has 3 heteroatoms. The van der Waals surface area contributed by atoms with Crippen LogP contribution in [0.25, 0.3) is 0 Å². The number of hydrogen-bond donors (Lipinski definition) is 1. The third-order valence-corrected chi connectivity index (χ3v) is 4.82. The van der Waals surface area contributed by atoms with Crippen LogP contribution in [0, 0.1) is 5.92 Å². The van der Waals surface area contributed by atoms with Crippen LogP contribution in [0.4, 0.5) is 5.69 Å². The van der Waals surface area contributed by atoms with Crippen LogP contribution < -0.4 is 5.32 Å². The Morgan fingerprint density at radius 2 is 1.95 bits per heavy atom. The van der Waals surface area contributed by atoms with Gasteiger partial charge in [-0.15, -0.1) is 0 Å². The lowest BCUT2D eigenvalue weighted by molar-refractivity contribution is -0.0381. The topological polar surface area (TPSA) is 21.3 Å². The van der Waals surface area contributed by atoms with Crippen LogP contribution in [0.3, 0.4) is 0 Å². The molecule has 2 aromatic rings. The summed E-state index contributed by atoms with van der Waals surface area (Å²) in [7, 11) is 0. The Kier molecular flexibility index (Phi) is 3.36. The smallest absolute Gasteiger partial charge is 0.0896 e. The van der Waals surface area contributed by atoms with Crippen molar-refractivity contribution in [1.29, 1.82) is 0 Å². The number of nitrogens with one attached hydrogen (secondary N) is 1. The first-order valence-corrected chi connectivity index (χ1v) is 7.93. The maximum Gasteiger partial charge on any atom is 0.0896 e. The number of fused-ring (bicyclic) bond motifs is 3. The first kappa shape index (κ1) is 13.2. The molecule has 3 atom stereocenters. The van der Waals surface area contributed by atoms with Crippen molar-refractivity contribution in [3.05, 3.63) is 64.7 Å². The molecule has 0 saturated carbocycles. The summed E-state index contributed by atoms with van der Waals surface area (Å²) in [5.74, 6) is 0.465. The first-order chi connectivity index (χ1) is 10.3. The molecule has 1 fully saturated rings. The standard InChI is InChI=1S/C18H18ClNO/c19-13-8-9-16-15(11-13)18-14(7-4-10-21-18)17(20-16)12-5-2-1-3-6-12/h1-3,5-6,8-9,11,14,17-18,20H,4,7,10H2/t14?,17-,18?/m0/s1. The number of benzene rings is 2. The average molecular weight is 300 g/mol. The molecule has 0 bridgehead atoms. The molecule has 108 valence electrons. The summed E-state index contributed by atoms with van der Waals surface area (Å²) in [6.45, 7) is 0.842. The summed E-state index contributed by atoms with van der Waals surface area (Å²) in [5.41, 5.74) is 3.69. The van der Waals surface area contributed by atoms with Gasteiger partial charge in [0.2, 0.25) is 0 Å². The predicted molar refractivity (Wildman–Crippen MR) is 85.7 cm³/mol. The van der Waals surface area contributed by atoms with Crippen LogP contribution in [-0.4, -0.2) is 6.61 Å². The van der Waals surface area contributed by atoms with E-state index >= 15 is 0 Å². The lowest BCUT2D eigenvalue weighted by atomic mass is 9.77. The van der Waals surface area contributed by atoms with E-state index in [4.69, 9.17) is 16.3 Å². The average Bonchev–Trinajstić information content (AvgIpc) is 2.55. The molecule has 1 saturated heterocycles. The van der Waals surface area contributed by atoms with Gasteiger partial charge in [-0.2, -0.15) is 0 Å². The maximum atomic E-state index is 6.18. The van der Waals surface area contributed by atoms with Crippen LogP contribution in [-0.2, 0) is 4.74 Å². The Morgan fingerprint density at radius 1 is 1.10 bits per heavy atom. The normalized spacial score (nSPS) is 27.4. The van der Waals surface area contributed by atoms with Gasteiger partial charge in [0.15, 0.2) is 0 Å². The summed E-state index contributed by atoms with van der Waals surface area (Å²) < 4.78 is 6.12. The molecule has 0 amide bonds. The number of hydrogen-bond acceptors (Lipinski definition) is 2. The van der Waals surface area contributed by atoms with E-state index in [1.54, 1.807) is 0 Å². The van der Waals surface area contributed by atoms with Crippen LogP contribution in [0.2, 0.25) is 5.02 Å². The Hall–Kier alpha value is -1.51. The van der Waals surface area contributed by atoms with Crippen LogP contribution in [0.1, 0.15) is 36.1 Å². The van der Waals surface area contributed by atoms with Gasteiger partial charge in [0.05, 0.1) is 12.1 Å². The van der Waals surface area contributed by atoms with E-state index in [9.17, 15) is 0 Å². The van der Waals surface area contributed by atoms with E-state index in [0.29, 0.717) is 12.0 Å². The minimum absolute atomic E-state index is 0.152. The highest BCUT2D eigenvalue weighted by Gasteiger charge is 2.39.